The number of nitrogens with two attached hydrogens (primary N) is 2. The van der Waals surface area contributed by atoms with Gasteiger partial charge in [0.1, 0.15) is 34.1 Å². The van der Waals surface area contributed by atoms with E-state index in [2.05, 4.69) is 49.7 Å². The molecule has 4 N–H and O–H groups in total. The normalized spacial score (nSPS) is 16.3. The third-order valence-corrected chi connectivity index (χ3v) is 21.4. The summed E-state index contributed by atoms with van der Waals surface area (Å²) in [5.74, 6) is -3.13. The Morgan fingerprint density at radius 3 is 1.33 bits per heavy atom. The van der Waals surface area contributed by atoms with E-state index in [1.807, 2.05) is 0 Å². The number of carbonyl (C=O) groups is 4. The Balaban J connectivity index is 0.000000261. The second-order valence-corrected chi connectivity index (χ2v) is 29.9. The fourth-order valence-electron chi connectivity index (χ4n) is 7.67. The van der Waals surface area contributed by atoms with Gasteiger partial charge in [-0.1, -0.05) is 51.3 Å². The average molecular weight is 1310 g/mol. The predicted octanol–water partition coefficient (Wildman–Crippen LogP) is 4.27. The molecule has 30 nitrogen and oxygen atoms in total. The number of esters is 4. The Morgan fingerprint density at radius 2 is 0.942 bits per heavy atom. The van der Waals surface area contributed by atoms with E-state index < -0.39 is 44.8 Å². The number of ether oxygens (including phenoxy) is 8. The van der Waals surface area contributed by atoms with E-state index in [0.29, 0.717) is 52.6 Å². The summed E-state index contributed by atoms with van der Waals surface area (Å²) in [5, 5.41) is 26.7. The lowest BCUT2D eigenvalue weighted by Crippen LogP contribution is -2.87. The molecule has 0 saturated carbocycles. The highest BCUT2D eigenvalue weighted by Gasteiger charge is 2.24. The molecule has 0 aromatic heterocycles. The Labute approximate surface area is 513 Å². The largest absolute Gasteiger partial charge is 0.727 e. The van der Waals surface area contributed by atoms with E-state index in [0.717, 1.165) is 63.2 Å². The van der Waals surface area contributed by atoms with Crippen molar-refractivity contribution in [2.45, 2.75) is 25.7 Å². The maximum atomic E-state index is 12.9. The molecule has 0 aliphatic carbocycles. The summed E-state index contributed by atoms with van der Waals surface area (Å²) in [6.07, 6.45) is -0.366. The van der Waals surface area contributed by atoms with Crippen LogP contribution < -0.4 is 40.2 Å². The fourth-order valence-corrected chi connectivity index (χ4v) is 14.2. The van der Waals surface area contributed by atoms with Gasteiger partial charge in [0.05, 0.1) is 92.2 Å². The molecule has 36 heteroatoms. The second kappa shape index (κ2) is 37.9. The summed E-state index contributed by atoms with van der Waals surface area (Å²) >= 11 is 23.0. The molecule has 2 atom stereocenters. The standard InChI is InChI=1S/2C21H22N5O8PS2.2C4H9NO/c22-24-23-15-3-8-19(34-20(27)2-1-11-32-26(29)30)18(14-15)21(28)33-16-4-6-17(7-5-16)35(36,37)25-9-12-31-13-10-25;22-24-23-15-3-8-18(19(14-15)34-20(27)2-1-11-32-26(29)30)21(28)33-16-4-6-17(7-5-16)35(36,37)25-9-12-31-13-10-25;2*1-3-6-4-2-5-1/h2*3-8,14H,1-2,9-13H2,(H,36,37);2*5H,1-4H2. The minimum atomic E-state index is -2.41. The van der Waals surface area contributed by atoms with Crippen molar-refractivity contribution in [2.75, 3.05) is 118 Å². The first-order valence-electron chi connectivity index (χ1n) is 26.5. The molecular weight excluding hydrogens is 1250 g/mol. The van der Waals surface area contributed by atoms with E-state index in [-0.39, 0.29) is 84.4 Å². The predicted molar refractivity (Wildman–Crippen MR) is 321 cm³/mol. The van der Waals surface area contributed by atoms with E-state index >= 15 is 0 Å². The summed E-state index contributed by atoms with van der Waals surface area (Å²) in [5.41, 5.74) is 17.3. The van der Waals surface area contributed by atoms with Crippen LogP contribution in [-0.2, 0) is 86.3 Å². The van der Waals surface area contributed by atoms with Gasteiger partial charge in [-0.3, -0.25) is 18.9 Å². The Bertz CT molecular complexity index is 3080. The Morgan fingerprint density at radius 1 is 0.558 bits per heavy atom. The van der Waals surface area contributed by atoms with Gasteiger partial charge < -0.3 is 82.7 Å². The van der Waals surface area contributed by atoms with Gasteiger partial charge in [0.2, 0.25) is 0 Å². The van der Waals surface area contributed by atoms with Gasteiger partial charge in [-0.05, 0) is 89.1 Å². The molecule has 4 aromatic rings. The van der Waals surface area contributed by atoms with Gasteiger partial charge in [0.15, 0.2) is 0 Å². The van der Waals surface area contributed by atoms with Crippen molar-refractivity contribution < 1.29 is 87.6 Å². The highest BCUT2D eigenvalue weighted by molar-refractivity contribution is 8.57. The number of quaternary nitrogens is 2. The summed E-state index contributed by atoms with van der Waals surface area (Å²) in [7, 11) is 0. The van der Waals surface area contributed by atoms with Crippen molar-refractivity contribution >= 4 is 105 Å². The fraction of sp³-hybridized carbons (Fsp3) is 0.440. The molecule has 8 rings (SSSR count). The first kappa shape index (κ1) is 70.2. The minimum absolute atomic E-state index is 0.0162. The van der Waals surface area contributed by atoms with Crippen LogP contribution >= 0.6 is 10.8 Å². The number of nitrogens with zero attached hydrogens (tertiary/aromatic N) is 10. The van der Waals surface area contributed by atoms with Gasteiger partial charge in [0.25, 0.3) is 10.2 Å². The number of azide groups is 2. The SMILES string of the molecule is C1COCC[NH2+]1.C1COCC[NH2+]1.[N-]=[N+]=Nc1ccc(C(=O)Oc2ccc(P(=S)([S-])N3CCOCC3)cc2)c(OC(=O)CCCO[N+](=O)[O-])c1.[N-]=[N+]=Nc1ccc(OC(=O)CCCO[N+](=O)[O-])c(C(=O)Oc2ccc(P(=S)([S-])N3CCOCC3)cc2)c1. The molecule has 464 valence electrons. The van der Waals surface area contributed by atoms with Gasteiger partial charge in [-0.2, -0.15) is 0 Å². The van der Waals surface area contributed by atoms with E-state index in [4.69, 9.17) is 97.1 Å². The number of carbonyl (C=O) groups excluding carboxylic acids is 4. The molecule has 0 spiro atoms. The van der Waals surface area contributed by atoms with Gasteiger partial charge in [-0.15, -0.1) is 43.8 Å². The summed E-state index contributed by atoms with van der Waals surface area (Å²) in [6, 6.07) is 20.9. The van der Waals surface area contributed by atoms with Crippen LogP contribution in [0.3, 0.4) is 0 Å². The first-order valence-corrected chi connectivity index (χ1v) is 34.0. The minimum Gasteiger partial charge on any atom is -0.727 e. The molecule has 86 heavy (non-hydrogen) atoms. The quantitative estimate of drug-likeness (QED) is 0.0106. The Hall–Kier alpha value is -6.54. The number of morpholine rings is 4. The number of hydrogen-bond donors (Lipinski definition) is 2. The van der Waals surface area contributed by atoms with Crippen molar-refractivity contribution in [1.29, 1.82) is 0 Å². The Kier molecular flexibility index (Phi) is 30.9. The van der Waals surface area contributed by atoms with E-state index in [1.54, 1.807) is 48.5 Å². The number of rotatable bonds is 22. The molecule has 4 fully saturated rings. The van der Waals surface area contributed by atoms with Crippen molar-refractivity contribution in [1.82, 2.24) is 9.34 Å². The van der Waals surface area contributed by atoms with Gasteiger partial charge >= 0.3 is 23.9 Å². The molecule has 4 heterocycles. The van der Waals surface area contributed by atoms with Gasteiger partial charge in [-0.25, -0.2) is 9.59 Å². The van der Waals surface area contributed by atoms with Crippen LogP contribution in [0.15, 0.2) is 95.2 Å². The molecule has 0 bridgehead atoms. The maximum absolute atomic E-state index is 12.9. The molecular formula is C50H62N12O18P2S4. The molecule has 4 saturated heterocycles. The smallest absolute Gasteiger partial charge is 0.347 e. The molecule has 4 aliphatic heterocycles. The molecule has 0 amide bonds. The average Bonchev–Trinajstić information content (AvgIpc) is 2.07. The van der Waals surface area contributed by atoms with Crippen molar-refractivity contribution in [3.8, 4) is 23.0 Å². The van der Waals surface area contributed by atoms with E-state index in [9.17, 15) is 39.4 Å². The lowest BCUT2D eigenvalue weighted by molar-refractivity contribution is -0.757. The van der Waals surface area contributed by atoms with Crippen LogP contribution in [-0.4, -0.2) is 162 Å². The van der Waals surface area contributed by atoms with Crippen LogP contribution in [0.4, 0.5) is 11.4 Å². The van der Waals surface area contributed by atoms with E-state index in [1.165, 1.54) is 36.4 Å². The second-order valence-electron chi connectivity index (χ2n) is 17.9. The third-order valence-electron chi connectivity index (χ3n) is 11.9. The van der Waals surface area contributed by atoms with Crippen molar-refractivity contribution in [2.24, 2.45) is 10.2 Å². The topological polar surface area (TPSA) is 384 Å². The molecule has 4 aromatic carbocycles. The lowest BCUT2D eigenvalue weighted by Gasteiger charge is -2.43. The third kappa shape index (κ3) is 24.7. The van der Waals surface area contributed by atoms with Crippen LogP contribution in [0.1, 0.15) is 46.4 Å². The number of benzene rings is 4. The van der Waals surface area contributed by atoms with Crippen LogP contribution in [0, 0.1) is 20.2 Å². The van der Waals surface area contributed by atoms with Crippen LogP contribution in [0.5, 0.6) is 23.0 Å². The summed E-state index contributed by atoms with van der Waals surface area (Å²) in [6.45, 7) is 12.7. The zero-order valence-electron chi connectivity index (χ0n) is 46.1. The van der Waals surface area contributed by atoms with Gasteiger partial charge in [0, 0.05) is 60.2 Å². The van der Waals surface area contributed by atoms with Crippen molar-refractivity contribution in [3.63, 3.8) is 0 Å². The molecule has 2 unspecified atom stereocenters. The zero-order chi connectivity index (χ0) is 62.2. The van der Waals surface area contributed by atoms with Crippen LogP contribution in [0.25, 0.3) is 20.9 Å². The maximum Gasteiger partial charge on any atom is 0.347 e. The monoisotopic (exact) mass is 1310 g/mol. The molecule has 0 radical (unpaired) electrons. The summed E-state index contributed by atoms with van der Waals surface area (Å²) < 4.78 is 46.3. The first-order chi connectivity index (χ1) is 41.4. The van der Waals surface area contributed by atoms with Crippen LogP contribution in [0.2, 0.25) is 0 Å². The number of hydrogen-bond acceptors (Lipinski definition) is 24. The zero-order valence-corrected chi connectivity index (χ0v) is 51.2. The highest BCUT2D eigenvalue weighted by Crippen LogP contribution is 2.48. The highest BCUT2D eigenvalue weighted by atomic mass is 32.9. The molecule has 4 aliphatic rings. The van der Waals surface area contributed by atoms with Crippen molar-refractivity contribution in [3.05, 3.63) is 137 Å². The summed E-state index contributed by atoms with van der Waals surface area (Å²) in [4.78, 5) is 84.2. The lowest BCUT2D eigenvalue weighted by atomic mass is 10.1.